The van der Waals surface area contributed by atoms with E-state index in [0.717, 1.165) is 33.1 Å². The number of hydrogen-bond acceptors (Lipinski definition) is 5. The van der Waals surface area contributed by atoms with Crippen LogP contribution in [0.15, 0.2) is 45.5 Å². The lowest BCUT2D eigenvalue weighted by Crippen LogP contribution is -2.15. The molecule has 1 N–H and O–H groups in total. The first-order valence-corrected chi connectivity index (χ1v) is 11.2. The molecular weight excluding hydrogens is 444 g/mol. The second-order valence-corrected chi connectivity index (χ2v) is 9.28. The summed E-state index contributed by atoms with van der Waals surface area (Å²) in [4.78, 5) is 21.1. The number of thioether (sulfide) groups is 1. The molecule has 3 aromatic rings. The monoisotopic (exact) mass is 464 g/mol. The van der Waals surface area contributed by atoms with Crippen molar-refractivity contribution in [3.63, 3.8) is 0 Å². The molecule has 0 spiro atoms. The number of aromatic nitrogens is 3. The summed E-state index contributed by atoms with van der Waals surface area (Å²) in [5, 5.41) is 6.25. The van der Waals surface area contributed by atoms with Crippen LogP contribution in [0.5, 0.6) is 0 Å². The number of imidazole rings is 1. The van der Waals surface area contributed by atoms with Crippen molar-refractivity contribution in [2.75, 3.05) is 11.1 Å². The second-order valence-electron chi connectivity index (χ2n) is 6.57. The predicted octanol–water partition coefficient (Wildman–Crippen LogP) is 5.46. The van der Waals surface area contributed by atoms with Gasteiger partial charge in [0.2, 0.25) is 5.91 Å². The molecule has 0 saturated heterocycles. The van der Waals surface area contributed by atoms with Crippen molar-refractivity contribution in [1.29, 1.82) is 0 Å². The molecule has 27 heavy (non-hydrogen) atoms. The zero-order valence-electron chi connectivity index (χ0n) is 15.4. The van der Waals surface area contributed by atoms with Crippen molar-refractivity contribution < 1.29 is 4.79 Å². The zero-order chi connectivity index (χ0) is 19.4. The number of benzene rings is 1. The van der Waals surface area contributed by atoms with Crippen LogP contribution in [0, 0.1) is 12.8 Å². The second kappa shape index (κ2) is 9.03. The molecule has 0 radical (unpaired) electrons. The standard InChI is InChI=1S/C19H21BrN4OS2/c1-12(2)9-24-16(14-4-6-15(20)7-5-14)8-21-19(24)27-11-17(25)23-18-22-13(3)10-26-18/h4-8,10,12H,9,11H2,1-3H3,(H,22,23,25). The average Bonchev–Trinajstić information content (AvgIpc) is 3.19. The molecule has 0 unspecified atom stereocenters. The third-order valence-electron chi connectivity index (χ3n) is 3.70. The van der Waals surface area contributed by atoms with Gasteiger partial charge in [-0.3, -0.25) is 4.79 Å². The van der Waals surface area contributed by atoms with Crippen molar-refractivity contribution in [3.05, 3.63) is 46.0 Å². The number of nitrogens with one attached hydrogen (secondary N) is 1. The SMILES string of the molecule is Cc1csc(NC(=O)CSc2ncc(-c3ccc(Br)cc3)n2CC(C)C)n1. The maximum absolute atomic E-state index is 12.2. The van der Waals surface area contributed by atoms with Crippen LogP contribution in [0.3, 0.4) is 0 Å². The number of aryl methyl sites for hydroxylation is 1. The van der Waals surface area contributed by atoms with Crippen LogP contribution < -0.4 is 5.32 Å². The number of amides is 1. The van der Waals surface area contributed by atoms with Crippen LogP contribution in [-0.2, 0) is 11.3 Å². The number of carbonyl (C=O) groups is 1. The minimum absolute atomic E-state index is 0.0707. The van der Waals surface area contributed by atoms with E-state index in [1.165, 1.54) is 23.1 Å². The summed E-state index contributed by atoms with van der Waals surface area (Å²) in [6, 6.07) is 8.20. The normalized spacial score (nSPS) is 11.1. The summed E-state index contributed by atoms with van der Waals surface area (Å²) in [7, 11) is 0. The van der Waals surface area contributed by atoms with Crippen LogP contribution in [0.4, 0.5) is 5.13 Å². The van der Waals surface area contributed by atoms with Gasteiger partial charge in [-0.1, -0.05) is 53.7 Å². The maximum Gasteiger partial charge on any atom is 0.236 e. The fourth-order valence-corrected chi connectivity index (χ4v) is 4.32. The van der Waals surface area contributed by atoms with Gasteiger partial charge in [0.1, 0.15) is 0 Å². The van der Waals surface area contributed by atoms with Crippen molar-refractivity contribution >= 4 is 50.1 Å². The van der Waals surface area contributed by atoms with Crippen LogP contribution in [0.25, 0.3) is 11.3 Å². The predicted molar refractivity (Wildman–Crippen MR) is 116 cm³/mol. The van der Waals surface area contributed by atoms with Crippen molar-refractivity contribution in [1.82, 2.24) is 14.5 Å². The Morgan fingerprint density at radius 2 is 2.07 bits per heavy atom. The average molecular weight is 465 g/mol. The van der Waals surface area contributed by atoms with E-state index in [0.29, 0.717) is 16.8 Å². The number of anilines is 1. The molecule has 1 aromatic carbocycles. The number of rotatable bonds is 7. The van der Waals surface area contributed by atoms with Crippen molar-refractivity contribution in [2.24, 2.45) is 5.92 Å². The van der Waals surface area contributed by atoms with E-state index in [1.807, 2.05) is 30.6 Å². The van der Waals surface area contributed by atoms with E-state index >= 15 is 0 Å². The first-order chi connectivity index (χ1) is 12.9. The van der Waals surface area contributed by atoms with Gasteiger partial charge < -0.3 is 9.88 Å². The summed E-state index contributed by atoms with van der Waals surface area (Å²) in [5.74, 6) is 0.701. The van der Waals surface area contributed by atoms with Crippen molar-refractivity contribution in [3.8, 4) is 11.3 Å². The molecule has 2 aromatic heterocycles. The number of thiazole rings is 1. The molecule has 0 bridgehead atoms. The van der Waals surface area contributed by atoms with Gasteiger partial charge in [0, 0.05) is 16.4 Å². The van der Waals surface area contributed by atoms with E-state index in [2.05, 4.69) is 61.8 Å². The lowest BCUT2D eigenvalue weighted by atomic mass is 10.1. The lowest BCUT2D eigenvalue weighted by Gasteiger charge is -2.14. The van der Waals surface area contributed by atoms with Crippen LogP contribution in [0.1, 0.15) is 19.5 Å². The van der Waals surface area contributed by atoms with Gasteiger partial charge in [0.15, 0.2) is 10.3 Å². The Morgan fingerprint density at radius 1 is 1.33 bits per heavy atom. The number of hydrogen-bond donors (Lipinski definition) is 1. The fraction of sp³-hybridized carbons (Fsp3) is 0.316. The fourth-order valence-electron chi connectivity index (χ4n) is 2.56. The summed E-state index contributed by atoms with van der Waals surface area (Å²) < 4.78 is 3.24. The Hall–Kier alpha value is -1.64. The highest BCUT2D eigenvalue weighted by molar-refractivity contribution is 9.10. The zero-order valence-corrected chi connectivity index (χ0v) is 18.6. The molecule has 0 aliphatic heterocycles. The number of carbonyl (C=O) groups excluding carboxylic acids is 1. The highest BCUT2D eigenvalue weighted by Crippen LogP contribution is 2.28. The van der Waals surface area contributed by atoms with E-state index in [1.54, 1.807) is 0 Å². The summed E-state index contributed by atoms with van der Waals surface area (Å²) >= 11 is 6.36. The largest absolute Gasteiger partial charge is 0.319 e. The third kappa shape index (κ3) is 5.43. The molecule has 5 nitrogen and oxygen atoms in total. The molecule has 1 amide bonds. The molecule has 3 rings (SSSR count). The lowest BCUT2D eigenvalue weighted by molar-refractivity contribution is -0.113. The number of nitrogens with zero attached hydrogens (tertiary/aromatic N) is 3. The Bertz CT molecular complexity index is 918. The van der Waals surface area contributed by atoms with Gasteiger partial charge in [0.05, 0.1) is 23.3 Å². The van der Waals surface area contributed by atoms with E-state index in [4.69, 9.17) is 0 Å². The smallest absolute Gasteiger partial charge is 0.236 e. The quantitative estimate of drug-likeness (QED) is 0.471. The molecule has 0 atom stereocenters. The summed E-state index contributed by atoms with van der Waals surface area (Å²) in [6.07, 6.45) is 1.88. The number of halogens is 1. The Labute approximate surface area is 175 Å². The highest BCUT2D eigenvalue weighted by atomic mass is 79.9. The first kappa shape index (κ1) is 20.1. The molecule has 0 saturated carbocycles. The van der Waals surface area contributed by atoms with Gasteiger partial charge in [-0.25, -0.2) is 9.97 Å². The van der Waals surface area contributed by atoms with Gasteiger partial charge in [-0.15, -0.1) is 11.3 Å². The topological polar surface area (TPSA) is 59.8 Å². The molecule has 142 valence electrons. The van der Waals surface area contributed by atoms with E-state index in [9.17, 15) is 4.79 Å². The third-order valence-corrected chi connectivity index (χ3v) is 6.10. The molecule has 0 aliphatic carbocycles. The maximum atomic E-state index is 12.2. The molecular formula is C19H21BrN4OS2. The molecule has 2 heterocycles. The van der Waals surface area contributed by atoms with Gasteiger partial charge >= 0.3 is 0 Å². The van der Waals surface area contributed by atoms with Crippen molar-refractivity contribution in [2.45, 2.75) is 32.5 Å². The summed E-state index contributed by atoms with van der Waals surface area (Å²) in [5.41, 5.74) is 3.09. The van der Waals surface area contributed by atoms with Crippen LogP contribution >= 0.6 is 39.0 Å². The van der Waals surface area contributed by atoms with Crippen LogP contribution in [0.2, 0.25) is 0 Å². The Balaban J connectivity index is 1.74. The minimum atomic E-state index is -0.0707. The van der Waals surface area contributed by atoms with Gasteiger partial charge in [-0.05, 0) is 30.5 Å². The first-order valence-electron chi connectivity index (χ1n) is 8.58. The molecule has 8 heteroatoms. The summed E-state index contributed by atoms with van der Waals surface area (Å²) in [6.45, 7) is 7.11. The minimum Gasteiger partial charge on any atom is -0.319 e. The Morgan fingerprint density at radius 3 is 2.70 bits per heavy atom. The molecule has 0 aliphatic rings. The highest BCUT2D eigenvalue weighted by Gasteiger charge is 2.15. The van der Waals surface area contributed by atoms with Crippen LogP contribution in [-0.4, -0.2) is 26.2 Å². The molecule has 0 fully saturated rings. The van der Waals surface area contributed by atoms with E-state index in [-0.39, 0.29) is 5.91 Å². The van der Waals surface area contributed by atoms with Gasteiger partial charge in [0.25, 0.3) is 0 Å². The Kier molecular flexibility index (Phi) is 6.73. The van der Waals surface area contributed by atoms with E-state index < -0.39 is 0 Å². The van der Waals surface area contributed by atoms with Gasteiger partial charge in [-0.2, -0.15) is 0 Å².